The maximum absolute atomic E-state index is 13.4. The Labute approximate surface area is 192 Å². The first kappa shape index (κ1) is 23.4. The van der Waals surface area contributed by atoms with Gasteiger partial charge in [0.05, 0.1) is 16.5 Å². The Morgan fingerprint density at radius 2 is 1.88 bits per heavy atom. The van der Waals surface area contributed by atoms with Crippen LogP contribution in [0.15, 0.2) is 28.7 Å². The summed E-state index contributed by atoms with van der Waals surface area (Å²) in [5.41, 5.74) is 0.539. The zero-order valence-corrected chi connectivity index (χ0v) is 18.5. The van der Waals surface area contributed by atoms with E-state index >= 15 is 0 Å². The molecule has 0 heterocycles. The van der Waals surface area contributed by atoms with E-state index in [0.717, 1.165) is 6.07 Å². The zero-order chi connectivity index (χ0) is 25.4. The minimum absolute atomic E-state index is 0.0220. The molecule has 180 valence electrons. The van der Waals surface area contributed by atoms with Gasteiger partial charge in [-0.25, -0.2) is 0 Å². The first-order valence-electron chi connectivity index (χ1n) is 10.4. The molecule has 4 atom stereocenters. The molecule has 0 fully saturated rings. The van der Waals surface area contributed by atoms with Crippen LogP contribution >= 0.6 is 0 Å². The van der Waals surface area contributed by atoms with Gasteiger partial charge in [-0.05, 0) is 45.3 Å². The monoisotopic (exact) mass is 473 g/mol. The number of fused-ring (bicyclic) bond motifs is 3. The summed E-state index contributed by atoms with van der Waals surface area (Å²) in [6.07, 6.45) is -0.282. The zero-order valence-electron chi connectivity index (χ0n) is 18.5. The summed E-state index contributed by atoms with van der Waals surface area (Å²) < 4.78 is 0. The van der Waals surface area contributed by atoms with Gasteiger partial charge in [-0.1, -0.05) is 0 Å². The Kier molecular flexibility index (Phi) is 5.07. The summed E-state index contributed by atoms with van der Waals surface area (Å²) in [5.74, 6) is -7.90. The molecule has 1 aromatic rings. The van der Waals surface area contributed by atoms with Gasteiger partial charge in [-0.2, -0.15) is 0 Å². The number of aromatic hydroxyl groups is 1. The number of ketones is 2. The largest absolute Gasteiger partial charge is 0.510 e. The number of carbonyl (C=O) groups excluding carboxylic acids is 3. The van der Waals surface area contributed by atoms with Crippen LogP contribution < -0.4 is 5.73 Å². The lowest BCUT2D eigenvalue weighted by Crippen LogP contribution is -2.63. The molecule has 4 rings (SSSR count). The van der Waals surface area contributed by atoms with Gasteiger partial charge >= 0.3 is 0 Å². The van der Waals surface area contributed by atoms with Crippen LogP contribution in [0.3, 0.4) is 0 Å². The van der Waals surface area contributed by atoms with Crippen LogP contribution in [0, 0.1) is 28.9 Å². The van der Waals surface area contributed by atoms with Crippen molar-refractivity contribution in [1.82, 2.24) is 4.90 Å². The van der Waals surface area contributed by atoms with Crippen molar-refractivity contribution in [3.8, 4) is 5.75 Å². The highest BCUT2D eigenvalue weighted by Crippen LogP contribution is 2.53. The number of phenols is 1. The smallest absolute Gasteiger partial charge is 0.273 e. The number of amides is 1. The molecule has 0 saturated carbocycles. The van der Waals surface area contributed by atoms with Crippen molar-refractivity contribution in [3.05, 3.63) is 55.5 Å². The fourth-order valence-corrected chi connectivity index (χ4v) is 5.59. The molecule has 34 heavy (non-hydrogen) atoms. The van der Waals surface area contributed by atoms with E-state index in [2.05, 4.69) is 0 Å². The summed E-state index contributed by atoms with van der Waals surface area (Å²) in [6, 6.07) is 0.0159. The number of aryl methyl sites for hydroxylation is 1. The molecule has 1 aromatic carbocycles. The molecule has 0 aliphatic heterocycles. The van der Waals surface area contributed by atoms with E-state index in [1.165, 1.54) is 25.9 Å². The van der Waals surface area contributed by atoms with Gasteiger partial charge in [0.2, 0.25) is 5.78 Å². The topological polar surface area (TPSA) is 205 Å². The van der Waals surface area contributed by atoms with Crippen LogP contribution in [0.25, 0.3) is 0 Å². The number of phenolic OH excluding ortho intramolecular Hbond substituents is 1. The normalized spacial score (nSPS) is 28.6. The molecular weight excluding hydrogens is 450 g/mol. The summed E-state index contributed by atoms with van der Waals surface area (Å²) in [7, 11) is 3.03. The SMILES string of the molecule is Cc1cc([N+](=O)[O-])c2c(c1O)C(=O)C1=C(O)[C@]3(O)C(=O)C(C(N)=O)=C(O)[C@@H](N(C)C)[C@@H]3C[C@@H]1C2. The minimum atomic E-state index is -2.75. The van der Waals surface area contributed by atoms with Crippen molar-refractivity contribution in [1.29, 1.82) is 0 Å². The van der Waals surface area contributed by atoms with Crippen molar-refractivity contribution in [3.63, 3.8) is 0 Å². The number of nitro benzene ring substituents is 1. The van der Waals surface area contributed by atoms with Gasteiger partial charge in [0.15, 0.2) is 11.4 Å². The second-order valence-electron chi connectivity index (χ2n) is 9.13. The Balaban J connectivity index is 2.00. The summed E-state index contributed by atoms with van der Waals surface area (Å²) in [5, 5.41) is 55.5. The standard InChI is InChI=1S/C22H23N3O9/c1-7-4-11(25(33)34)9-5-8-6-10-15(24(2)3)18(28)14(21(23)31)20(30)22(10,32)19(29)12(8)17(27)13(9)16(7)26/h4,8,10,15,26,28-29,32H,5-6H2,1-3H3,(H2,23,31)/t8-,10-,15-,22-/m0/s1. The number of hydrogen-bond acceptors (Lipinski definition) is 10. The lowest BCUT2D eigenvalue weighted by Gasteiger charge is -2.50. The van der Waals surface area contributed by atoms with Crippen molar-refractivity contribution in [2.75, 3.05) is 14.1 Å². The second kappa shape index (κ2) is 7.37. The molecule has 3 aliphatic carbocycles. The van der Waals surface area contributed by atoms with E-state index in [-0.39, 0.29) is 40.8 Å². The quantitative estimate of drug-likeness (QED) is 0.231. The molecule has 3 aliphatic rings. The van der Waals surface area contributed by atoms with E-state index in [4.69, 9.17) is 5.73 Å². The Bertz CT molecular complexity index is 1260. The van der Waals surface area contributed by atoms with Gasteiger partial charge in [0.25, 0.3) is 11.6 Å². The third-order valence-corrected chi connectivity index (χ3v) is 7.09. The highest BCUT2D eigenvalue weighted by Gasteiger charge is 2.63. The van der Waals surface area contributed by atoms with Crippen LogP contribution in [0.4, 0.5) is 5.69 Å². The number of nitrogens with two attached hydrogens (primary N) is 1. The third kappa shape index (κ3) is 2.82. The molecule has 0 saturated heterocycles. The molecule has 0 aromatic heterocycles. The van der Waals surface area contributed by atoms with Crippen LogP contribution in [-0.2, 0) is 16.0 Å². The Morgan fingerprint density at radius 1 is 1.26 bits per heavy atom. The lowest BCUT2D eigenvalue weighted by molar-refractivity contribution is -0.385. The van der Waals surface area contributed by atoms with Crippen LogP contribution in [-0.4, -0.2) is 73.5 Å². The summed E-state index contributed by atoms with van der Waals surface area (Å²) in [6.45, 7) is 1.37. The highest BCUT2D eigenvalue weighted by atomic mass is 16.6. The molecular formula is C22H23N3O9. The Morgan fingerprint density at radius 3 is 2.41 bits per heavy atom. The highest BCUT2D eigenvalue weighted by molar-refractivity contribution is 6.24. The first-order valence-corrected chi connectivity index (χ1v) is 10.4. The van der Waals surface area contributed by atoms with Crippen LogP contribution in [0.2, 0.25) is 0 Å². The number of nitro groups is 1. The molecule has 0 unspecified atom stereocenters. The predicted molar refractivity (Wildman–Crippen MR) is 115 cm³/mol. The molecule has 0 bridgehead atoms. The maximum Gasteiger partial charge on any atom is 0.273 e. The number of hydrogen-bond donors (Lipinski definition) is 5. The van der Waals surface area contributed by atoms with Crippen molar-refractivity contribution in [2.45, 2.75) is 31.4 Å². The molecule has 0 radical (unpaired) electrons. The van der Waals surface area contributed by atoms with Gasteiger partial charge in [-0.3, -0.25) is 29.4 Å². The number of nitrogens with zero attached hydrogens (tertiary/aromatic N) is 2. The number of aliphatic hydroxyl groups is 3. The van der Waals surface area contributed by atoms with Gasteiger partial charge < -0.3 is 26.2 Å². The number of allylic oxidation sites excluding steroid dienone is 1. The fraction of sp³-hybridized carbons (Fsp3) is 0.409. The van der Waals surface area contributed by atoms with Crippen molar-refractivity contribution in [2.24, 2.45) is 17.6 Å². The number of aliphatic hydroxyl groups excluding tert-OH is 2. The van der Waals surface area contributed by atoms with E-state index < -0.39 is 68.7 Å². The van der Waals surface area contributed by atoms with Gasteiger partial charge in [0.1, 0.15) is 22.8 Å². The molecule has 0 spiro atoms. The number of carbonyl (C=O) groups is 3. The summed E-state index contributed by atoms with van der Waals surface area (Å²) >= 11 is 0. The number of Topliss-reactive ketones (excluding diaryl/α,β-unsaturated/α-hetero) is 2. The van der Waals surface area contributed by atoms with E-state index in [1.54, 1.807) is 0 Å². The second-order valence-corrected chi connectivity index (χ2v) is 9.13. The van der Waals surface area contributed by atoms with Crippen LogP contribution in [0.1, 0.15) is 27.9 Å². The van der Waals surface area contributed by atoms with Crippen LogP contribution in [0.5, 0.6) is 5.75 Å². The minimum Gasteiger partial charge on any atom is -0.510 e. The lowest BCUT2D eigenvalue weighted by atomic mass is 9.58. The third-order valence-electron chi connectivity index (χ3n) is 7.09. The number of primary amides is 1. The molecule has 12 nitrogen and oxygen atoms in total. The van der Waals surface area contributed by atoms with Crippen molar-refractivity contribution < 1.29 is 39.7 Å². The van der Waals surface area contributed by atoms with Gasteiger partial charge in [0, 0.05) is 23.1 Å². The molecule has 6 N–H and O–H groups in total. The maximum atomic E-state index is 13.4. The average Bonchev–Trinajstić information content (AvgIpc) is 2.72. The predicted octanol–water partition coefficient (Wildman–Crippen LogP) is 0.337. The van der Waals surface area contributed by atoms with E-state index in [9.17, 15) is 44.9 Å². The van der Waals surface area contributed by atoms with E-state index in [0.29, 0.717) is 0 Å². The molecule has 1 amide bonds. The fourth-order valence-electron chi connectivity index (χ4n) is 5.59. The van der Waals surface area contributed by atoms with Gasteiger partial charge in [-0.15, -0.1) is 0 Å². The first-order chi connectivity index (χ1) is 15.7. The number of likely N-dealkylation sites (N-methyl/N-ethyl adjacent to an activating group) is 1. The number of rotatable bonds is 3. The number of benzene rings is 1. The van der Waals surface area contributed by atoms with E-state index in [1.807, 2.05) is 0 Å². The Hall–Kier alpha value is -3.77. The average molecular weight is 473 g/mol. The molecule has 12 heteroatoms. The summed E-state index contributed by atoms with van der Waals surface area (Å²) in [4.78, 5) is 51.0. The van der Waals surface area contributed by atoms with Crippen molar-refractivity contribution >= 4 is 23.2 Å².